The first kappa shape index (κ1) is 11.5. The van der Waals surface area contributed by atoms with Crippen LogP contribution in [0.2, 0.25) is 0 Å². The lowest BCUT2D eigenvalue weighted by molar-refractivity contribution is 0.282. The third kappa shape index (κ3) is 3.27. The Morgan fingerprint density at radius 2 is 2.36 bits per heavy atom. The average Bonchev–Trinajstić information content (AvgIpc) is 2.10. The van der Waals surface area contributed by atoms with Crippen LogP contribution in [0.1, 0.15) is 18.9 Å². The first-order valence-corrected chi connectivity index (χ1v) is 5.42. The molecule has 2 N–H and O–H groups in total. The number of anilines is 1. The SMILES string of the molecule is Cc1cnc(NC(C)CCO)c(Br)c1. The summed E-state index contributed by atoms with van der Waals surface area (Å²) >= 11 is 3.44. The Hall–Kier alpha value is -0.610. The normalized spacial score (nSPS) is 12.6. The minimum Gasteiger partial charge on any atom is -0.396 e. The molecule has 0 aliphatic carbocycles. The van der Waals surface area contributed by atoms with Crippen LogP contribution in [0.4, 0.5) is 5.82 Å². The first-order valence-electron chi connectivity index (χ1n) is 4.63. The number of hydrogen-bond donors (Lipinski definition) is 2. The zero-order chi connectivity index (χ0) is 10.6. The number of hydrogen-bond acceptors (Lipinski definition) is 3. The molecule has 0 fully saturated rings. The predicted octanol–water partition coefficient (Wildman–Crippen LogP) is 2.34. The van der Waals surface area contributed by atoms with E-state index in [-0.39, 0.29) is 12.6 Å². The average molecular weight is 259 g/mol. The summed E-state index contributed by atoms with van der Waals surface area (Å²) in [6.07, 6.45) is 2.54. The summed E-state index contributed by atoms with van der Waals surface area (Å²) in [6.45, 7) is 4.21. The molecule has 1 aromatic rings. The van der Waals surface area contributed by atoms with Crippen molar-refractivity contribution in [1.29, 1.82) is 0 Å². The molecule has 0 aromatic carbocycles. The van der Waals surface area contributed by atoms with Crippen LogP contribution in [0.3, 0.4) is 0 Å². The highest BCUT2D eigenvalue weighted by Crippen LogP contribution is 2.21. The highest BCUT2D eigenvalue weighted by Gasteiger charge is 2.05. The number of rotatable bonds is 4. The lowest BCUT2D eigenvalue weighted by atomic mass is 10.2. The summed E-state index contributed by atoms with van der Waals surface area (Å²) < 4.78 is 0.960. The van der Waals surface area contributed by atoms with Gasteiger partial charge in [0.2, 0.25) is 0 Å². The summed E-state index contributed by atoms with van der Waals surface area (Å²) in [4.78, 5) is 4.26. The van der Waals surface area contributed by atoms with Crippen LogP contribution in [-0.2, 0) is 0 Å². The fourth-order valence-electron chi connectivity index (χ4n) is 1.14. The van der Waals surface area contributed by atoms with E-state index in [4.69, 9.17) is 5.11 Å². The molecule has 3 nitrogen and oxygen atoms in total. The molecule has 0 saturated carbocycles. The fraction of sp³-hybridized carbons (Fsp3) is 0.500. The number of halogens is 1. The highest BCUT2D eigenvalue weighted by molar-refractivity contribution is 9.10. The molecule has 1 unspecified atom stereocenters. The monoisotopic (exact) mass is 258 g/mol. The van der Waals surface area contributed by atoms with Gasteiger partial charge < -0.3 is 10.4 Å². The molecule has 0 spiro atoms. The molecular weight excluding hydrogens is 244 g/mol. The van der Waals surface area contributed by atoms with E-state index < -0.39 is 0 Å². The molecule has 0 bridgehead atoms. The van der Waals surface area contributed by atoms with Gasteiger partial charge in [-0.1, -0.05) is 0 Å². The second-order valence-corrected chi connectivity index (χ2v) is 4.26. The van der Waals surface area contributed by atoms with Crippen LogP contribution in [0.5, 0.6) is 0 Å². The number of nitrogens with zero attached hydrogens (tertiary/aromatic N) is 1. The van der Waals surface area contributed by atoms with E-state index in [9.17, 15) is 0 Å². The molecule has 0 amide bonds. The van der Waals surface area contributed by atoms with E-state index >= 15 is 0 Å². The van der Waals surface area contributed by atoms with Crippen LogP contribution in [0.25, 0.3) is 0 Å². The van der Waals surface area contributed by atoms with Gasteiger partial charge in [0.15, 0.2) is 0 Å². The fourth-order valence-corrected chi connectivity index (χ4v) is 1.72. The molecule has 78 valence electrons. The number of pyridine rings is 1. The van der Waals surface area contributed by atoms with Crippen molar-refractivity contribution in [2.45, 2.75) is 26.3 Å². The van der Waals surface area contributed by atoms with Gasteiger partial charge in [-0.15, -0.1) is 0 Å². The second kappa shape index (κ2) is 5.32. The van der Waals surface area contributed by atoms with Gasteiger partial charge in [-0.3, -0.25) is 0 Å². The van der Waals surface area contributed by atoms with Crippen LogP contribution < -0.4 is 5.32 Å². The van der Waals surface area contributed by atoms with Crippen LogP contribution in [-0.4, -0.2) is 22.7 Å². The zero-order valence-corrected chi connectivity index (χ0v) is 10.0. The minimum atomic E-state index is 0.192. The number of aliphatic hydroxyl groups excluding tert-OH is 1. The molecule has 0 saturated heterocycles. The number of aliphatic hydroxyl groups is 1. The molecular formula is C10H15BrN2O. The van der Waals surface area contributed by atoms with Crippen LogP contribution in [0, 0.1) is 6.92 Å². The Kier molecular flexibility index (Phi) is 4.35. The van der Waals surface area contributed by atoms with Gasteiger partial charge >= 0.3 is 0 Å². The Labute approximate surface area is 92.7 Å². The van der Waals surface area contributed by atoms with Crippen LogP contribution >= 0.6 is 15.9 Å². The Morgan fingerprint density at radius 3 is 2.93 bits per heavy atom. The molecule has 1 heterocycles. The van der Waals surface area contributed by atoms with Crippen molar-refractivity contribution in [3.05, 3.63) is 22.3 Å². The molecule has 1 rings (SSSR count). The van der Waals surface area contributed by atoms with E-state index in [1.807, 2.05) is 26.1 Å². The van der Waals surface area contributed by atoms with E-state index in [0.29, 0.717) is 0 Å². The number of aromatic nitrogens is 1. The lowest BCUT2D eigenvalue weighted by Crippen LogP contribution is -2.17. The molecule has 4 heteroatoms. The number of nitrogens with one attached hydrogen (secondary N) is 1. The first-order chi connectivity index (χ1) is 6.63. The Morgan fingerprint density at radius 1 is 1.64 bits per heavy atom. The van der Waals surface area contributed by atoms with E-state index in [1.165, 1.54) is 0 Å². The van der Waals surface area contributed by atoms with Gasteiger partial charge in [0.05, 0.1) is 4.47 Å². The predicted molar refractivity (Wildman–Crippen MR) is 61.5 cm³/mol. The van der Waals surface area contributed by atoms with Crippen molar-refractivity contribution in [2.75, 3.05) is 11.9 Å². The van der Waals surface area contributed by atoms with Crippen molar-refractivity contribution in [3.8, 4) is 0 Å². The van der Waals surface area contributed by atoms with Gasteiger partial charge in [-0.25, -0.2) is 4.98 Å². The molecule has 0 radical (unpaired) electrons. The molecule has 1 atom stereocenters. The lowest BCUT2D eigenvalue weighted by Gasteiger charge is -2.14. The maximum absolute atomic E-state index is 8.76. The van der Waals surface area contributed by atoms with Gasteiger partial charge in [0.25, 0.3) is 0 Å². The maximum atomic E-state index is 8.76. The topological polar surface area (TPSA) is 45.2 Å². The minimum absolute atomic E-state index is 0.192. The van der Waals surface area contributed by atoms with E-state index in [1.54, 1.807) is 0 Å². The molecule has 14 heavy (non-hydrogen) atoms. The summed E-state index contributed by atoms with van der Waals surface area (Å²) in [7, 11) is 0. The van der Waals surface area contributed by atoms with Gasteiger partial charge in [-0.05, 0) is 47.8 Å². The van der Waals surface area contributed by atoms with Crippen molar-refractivity contribution in [2.24, 2.45) is 0 Å². The van der Waals surface area contributed by atoms with Gasteiger partial charge in [0, 0.05) is 18.8 Å². The van der Waals surface area contributed by atoms with Crippen molar-refractivity contribution >= 4 is 21.7 Å². The summed E-state index contributed by atoms with van der Waals surface area (Å²) in [6, 6.07) is 2.24. The molecule has 0 aliphatic rings. The van der Waals surface area contributed by atoms with Crippen molar-refractivity contribution < 1.29 is 5.11 Å². The third-order valence-electron chi connectivity index (χ3n) is 1.92. The standard InChI is InChI=1S/C10H15BrN2O/c1-7-5-9(11)10(12-6-7)13-8(2)3-4-14/h5-6,8,14H,3-4H2,1-2H3,(H,12,13). The largest absolute Gasteiger partial charge is 0.396 e. The van der Waals surface area contributed by atoms with Gasteiger partial charge in [0.1, 0.15) is 5.82 Å². The van der Waals surface area contributed by atoms with E-state index in [0.717, 1.165) is 22.3 Å². The Balaban J connectivity index is 2.67. The van der Waals surface area contributed by atoms with Gasteiger partial charge in [-0.2, -0.15) is 0 Å². The maximum Gasteiger partial charge on any atom is 0.140 e. The van der Waals surface area contributed by atoms with E-state index in [2.05, 4.69) is 26.2 Å². The summed E-state index contributed by atoms with van der Waals surface area (Å²) in [5.74, 6) is 0.830. The van der Waals surface area contributed by atoms with Crippen LogP contribution in [0.15, 0.2) is 16.7 Å². The molecule has 1 aromatic heterocycles. The number of aryl methyl sites for hydroxylation is 1. The Bertz CT molecular complexity index is 304. The van der Waals surface area contributed by atoms with Crippen molar-refractivity contribution in [1.82, 2.24) is 4.98 Å². The second-order valence-electron chi connectivity index (χ2n) is 3.40. The highest BCUT2D eigenvalue weighted by atomic mass is 79.9. The zero-order valence-electron chi connectivity index (χ0n) is 8.42. The van der Waals surface area contributed by atoms with Crippen molar-refractivity contribution in [3.63, 3.8) is 0 Å². The molecule has 0 aliphatic heterocycles. The smallest absolute Gasteiger partial charge is 0.140 e. The summed E-state index contributed by atoms with van der Waals surface area (Å²) in [5, 5.41) is 12.0. The quantitative estimate of drug-likeness (QED) is 0.872. The third-order valence-corrected chi connectivity index (χ3v) is 2.53. The summed E-state index contributed by atoms with van der Waals surface area (Å²) in [5.41, 5.74) is 1.12.